The SMILES string of the molecule is CN1CCCCC12CCCN(c1cccnc1)C2.c1cncc(N2CCCC3(CCCCN3)C2)c1. The third-order valence-electron chi connectivity index (χ3n) is 8.93. The van der Waals surface area contributed by atoms with Crippen LogP contribution in [-0.2, 0) is 0 Å². The molecule has 4 aliphatic heterocycles. The molecule has 6 rings (SSSR count). The Morgan fingerprint density at radius 2 is 1.34 bits per heavy atom. The van der Waals surface area contributed by atoms with Gasteiger partial charge in [-0.05, 0) is 95.8 Å². The summed E-state index contributed by atoms with van der Waals surface area (Å²) in [6.45, 7) is 7.14. The van der Waals surface area contributed by atoms with Gasteiger partial charge in [0.2, 0.25) is 0 Å². The zero-order valence-electron chi connectivity index (χ0n) is 21.7. The van der Waals surface area contributed by atoms with Crippen molar-refractivity contribution in [1.29, 1.82) is 0 Å². The maximum atomic E-state index is 4.26. The van der Waals surface area contributed by atoms with Crippen LogP contribution in [0.2, 0.25) is 0 Å². The fourth-order valence-corrected chi connectivity index (χ4v) is 6.89. The molecule has 6 heterocycles. The van der Waals surface area contributed by atoms with Crippen LogP contribution in [0, 0.1) is 0 Å². The van der Waals surface area contributed by atoms with Gasteiger partial charge in [-0.3, -0.25) is 14.9 Å². The van der Waals surface area contributed by atoms with Gasteiger partial charge in [0.1, 0.15) is 0 Å². The van der Waals surface area contributed by atoms with Crippen molar-refractivity contribution in [3.63, 3.8) is 0 Å². The lowest BCUT2D eigenvalue weighted by atomic mass is 9.80. The summed E-state index contributed by atoms with van der Waals surface area (Å²) in [4.78, 5) is 16.1. The van der Waals surface area contributed by atoms with E-state index in [1.807, 2.05) is 36.9 Å². The van der Waals surface area contributed by atoms with Crippen LogP contribution in [0.1, 0.15) is 64.2 Å². The zero-order valence-corrected chi connectivity index (χ0v) is 21.7. The summed E-state index contributed by atoms with van der Waals surface area (Å²) in [5.74, 6) is 0. The Hall–Kier alpha value is -2.18. The van der Waals surface area contributed by atoms with Crippen molar-refractivity contribution < 1.29 is 0 Å². The fraction of sp³-hybridized carbons (Fsp3) is 0.655. The molecule has 35 heavy (non-hydrogen) atoms. The number of aromatic nitrogens is 2. The van der Waals surface area contributed by atoms with Crippen molar-refractivity contribution in [2.75, 3.05) is 56.1 Å². The molecule has 0 aliphatic carbocycles. The number of nitrogens with zero attached hydrogens (tertiary/aromatic N) is 5. The van der Waals surface area contributed by atoms with E-state index in [0.717, 1.165) is 6.54 Å². The van der Waals surface area contributed by atoms with Gasteiger partial charge in [0.05, 0.1) is 23.8 Å². The number of anilines is 2. The molecule has 2 aromatic heterocycles. The standard InChI is InChI=1S/C15H23N3.C14H21N3/c1-17-10-3-2-7-15(17)8-5-11-18(13-15)14-6-4-9-16-12-14;1-2-9-16-14(6-1)7-4-10-17(12-14)13-5-3-8-15-11-13/h4,6,9,12H,2-3,5,7-8,10-11,13H2,1H3;3,5,8,11,16H,1-2,4,6-7,9-10,12H2. The molecule has 6 heteroatoms. The summed E-state index contributed by atoms with van der Waals surface area (Å²) in [6, 6.07) is 8.44. The second kappa shape index (κ2) is 11.3. The van der Waals surface area contributed by atoms with Gasteiger partial charge in [-0.15, -0.1) is 0 Å². The summed E-state index contributed by atoms with van der Waals surface area (Å²) in [5, 5.41) is 3.77. The van der Waals surface area contributed by atoms with Crippen LogP contribution in [0.5, 0.6) is 0 Å². The number of likely N-dealkylation sites (tertiary alicyclic amines) is 1. The Kier molecular flexibility index (Phi) is 7.88. The average molecular weight is 477 g/mol. The molecular formula is C29H44N6. The maximum Gasteiger partial charge on any atom is 0.0553 e. The van der Waals surface area contributed by atoms with E-state index in [4.69, 9.17) is 0 Å². The molecule has 1 N–H and O–H groups in total. The predicted octanol–water partition coefficient (Wildman–Crippen LogP) is 4.73. The summed E-state index contributed by atoms with van der Waals surface area (Å²) >= 11 is 0. The highest BCUT2D eigenvalue weighted by molar-refractivity contribution is 5.45. The molecule has 0 bridgehead atoms. The number of rotatable bonds is 2. The highest BCUT2D eigenvalue weighted by Gasteiger charge is 2.40. The number of pyridine rings is 2. The van der Waals surface area contributed by atoms with Crippen molar-refractivity contribution in [3.8, 4) is 0 Å². The Balaban J connectivity index is 0.000000145. The lowest BCUT2D eigenvalue weighted by molar-refractivity contribution is 0.0581. The summed E-state index contributed by atoms with van der Waals surface area (Å²) in [6.07, 6.45) is 21.2. The van der Waals surface area contributed by atoms with Gasteiger partial charge in [-0.1, -0.05) is 12.8 Å². The van der Waals surface area contributed by atoms with E-state index in [9.17, 15) is 0 Å². The molecule has 4 saturated heterocycles. The minimum absolute atomic E-state index is 0.381. The topological polar surface area (TPSA) is 47.5 Å². The van der Waals surface area contributed by atoms with Crippen LogP contribution in [0.15, 0.2) is 49.1 Å². The first-order valence-corrected chi connectivity index (χ1v) is 13.9. The second-order valence-electron chi connectivity index (χ2n) is 11.2. The van der Waals surface area contributed by atoms with E-state index >= 15 is 0 Å². The molecule has 2 atom stereocenters. The Morgan fingerprint density at radius 3 is 1.97 bits per heavy atom. The van der Waals surface area contributed by atoms with E-state index < -0.39 is 0 Å². The van der Waals surface area contributed by atoms with Crippen LogP contribution in [0.4, 0.5) is 11.4 Å². The Morgan fingerprint density at radius 1 is 0.714 bits per heavy atom. The maximum absolute atomic E-state index is 4.26. The lowest BCUT2D eigenvalue weighted by Gasteiger charge is -2.51. The fourth-order valence-electron chi connectivity index (χ4n) is 6.89. The molecule has 0 amide bonds. The van der Waals surface area contributed by atoms with Crippen LogP contribution >= 0.6 is 0 Å². The van der Waals surface area contributed by atoms with E-state index in [-0.39, 0.29) is 0 Å². The Labute approximate surface area is 212 Å². The van der Waals surface area contributed by atoms with Crippen LogP contribution in [0.25, 0.3) is 0 Å². The Bertz CT molecular complexity index is 890. The number of likely N-dealkylation sites (N-methyl/N-ethyl adjacent to an activating group) is 1. The molecule has 4 fully saturated rings. The van der Waals surface area contributed by atoms with Crippen LogP contribution < -0.4 is 15.1 Å². The van der Waals surface area contributed by atoms with Crippen molar-refractivity contribution in [2.24, 2.45) is 0 Å². The molecule has 4 aliphatic rings. The lowest BCUT2D eigenvalue weighted by Crippen LogP contribution is -2.59. The van der Waals surface area contributed by atoms with Gasteiger partial charge in [0.15, 0.2) is 0 Å². The largest absolute Gasteiger partial charge is 0.368 e. The van der Waals surface area contributed by atoms with Gasteiger partial charge in [0.25, 0.3) is 0 Å². The first kappa shape index (κ1) is 24.5. The first-order chi connectivity index (χ1) is 17.2. The van der Waals surface area contributed by atoms with Crippen LogP contribution in [-0.4, -0.2) is 72.3 Å². The minimum Gasteiger partial charge on any atom is -0.368 e. The van der Waals surface area contributed by atoms with E-state index in [1.54, 1.807) is 0 Å². The summed E-state index contributed by atoms with van der Waals surface area (Å²) in [5.41, 5.74) is 3.37. The molecule has 6 nitrogen and oxygen atoms in total. The number of hydrogen-bond acceptors (Lipinski definition) is 6. The van der Waals surface area contributed by atoms with Gasteiger partial charge >= 0.3 is 0 Å². The van der Waals surface area contributed by atoms with Crippen molar-refractivity contribution >= 4 is 11.4 Å². The third kappa shape index (κ3) is 5.80. The van der Waals surface area contributed by atoms with E-state index in [0.29, 0.717) is 11.1 Å². The molecule has 2 unspecified atom stereocenters. The smallest absolute Gasteiger partial charge is 0.0553 e. The zero-order chi connectivity index (χ0) is 24.0. The number of nitrogens with one attached hydrogen (secondary N) is 1. The number of hydrogen-bond donors (Lipinski definition) is 1. The molecule has 0 saturated carbocycles. The van der Waals surface area contributed by atoms with E-state index in [2.05, 4.69) is 49.2 Å². The van der Waals surface area contributed by atoms with Crippen LogP contribution in [0.3, 0.4) is 0 Å². The minimum atomic E-state index is 0.381. The predicted molar refractivity (Wildman–Crippen MR) is 145 cm³/mol. The van der Waals surface area contributed by atoms with Gasteiger partial charge in [-0.2, -0.15) is 0 Å². The molecule has 0 aromatic carbocycles. The van der Waals surface area contributed by atoms with Crippen molar-refractivity contribution in [3.05, 3.63) is 49.1 Å². The van der Waals surface area contributed by atoms with Gasteiger partial charge in [-0.25, -0.2) is 0 Å². The molecule has 0 radical (unpaired) electrons. The molecular weight excluding hydrogens is 432 g/mol. The molecule has 2 aromatic rings. The first-order valence-electron chi connectivity index (χ1n) is 13.9. The monoisotopic (exact) mass is 476 g/mol. The number of piperidine rings is 4. The average Bonchev–Trinajstić information content (AvgIpc) is 2.93. The molecule has 190 valence electrons. The third-order valence-corrected chi connectivity index (χ3v) is 8.93. The van der Waals surface area contributed by atoms with Crippen molar-refractivity contribution in [2.45, 2.75) is 75.3 Å². The quantitative estimate of drug-likeness (QED) is 0.676. The highest BCUT2D eigenvalue weighted by Crippen LogP contribution is 2.36. The van der Waals surface area contributed by atoms with Gasteiger partial charge in [0, 0.05) is 49.7 Å². The normalized spacial score (nSPS) is 29.6. The summed E-state index contributed by atoms with van der Waals surface area (Å²) in [7, 11) is 2.31. The van der Waals surface area contributed by atoms with Gasteiger partial charge < -0.3 is 15.1 Å². The molecule has 2 spiro atoms. The second-order valence-corrected chi connectivity index (χ2v) is 11.2. The highest BCUT2D eigenvalue weighted by atomic mass is 15.3. The summed E-state index contributed by atoms with van der Waals surface area (Å²) < 4.78 is 0. The van der Waals surface area contributed by atoms with E-state index in [1.165, 1.54) is 108 Å². The van der Waals surface area contributed by atoms with Crippen molar-refractivity contribution in [1.82, 2.24) is 20.2 Å².